The van der Waals surface area contributed by atoms with Crippen LogP contribution in [0.25, 0.3) is 0 Å². The van der Waals surface area contributed by atoms with Crippen LogP contribution in [0.5, 0.6) is 5.75 Å². The number of H-pyrrole nitrogens is 1. The van der Waals surface area contributed by atoms with Crippen molar-refractivity contribution in [3.63, 3.8) is 0 Å². The molecule has 1 aromatic carbocycles. The van der Waals surface area contributed by atoms with Gasteiger partial charge < -0.3 is 14.5 Å². The molecule has 17 heavy (non-hydrogen) atoms. The molecule has 0 bridgehead atoms. The van der Waals surface area contributed by atoms with Gasteiger partial charge in [0.2, 0.25) is 0 Å². The minimum absolute atomic E-state index is 0.346. The van der Waals surface area contributed by atoms with Crippen molar-refractivity contribution in [3.05, 3.63) is 53.9 Å². The number of aromatic amines is 1. The van der Waals surface area contributed by atoms with Crippen LogP contribution in [0.4, 0.5) is 0 Å². The third-order valence-corrected chi connectivity index (χ3v) is 2.33. The predicted molar refractivity (Wildman–Crippen MR) is 62.9 cm³/mol. The molecule has 0 atom stereocenters. The van der Waals surface area contributed by atoms with Crippen LogP contribution in [0.3, 0.4) is 0 Å². The highest BCUT2D eigenvalue weighted by molar-refractivity contribution is 5.89. The van der Waals surface area contributed by atoms with Gasteiger partial charge in [0.1, 0.15) is 12.4 Å². The van der Waals surface area contributed by atoms with Gasteiger partial charge in [-0.2, -0.15) is 0 Å². The monoisotopic (exact) mass is 231 g/mol. The number of nitrogens with one attached hydrogen (secondary N) is 1. The van der Waals surface area contributed by atoms with Crippen LogP contribution in [0, 0.1) is 0 Å². The molecule has 0 aliphatic rings. The number of rotatable bonds is 4. The van der Waals surface area contributed by atoms with E-state index >= 15 is 0 Å². The highest BCUT2D eigenvalue weighted by atomic mass is 16.5. The lowest BCUT2D eigenvalue weighted by molar-refractivity contribution is 0.0600. The summed E-state index contributed by atoms with van der Waals surface area (Å²) in [4.78, 5) is 14.2. The van der Waals surface area contributed by atoms with Gasteiger partial charge in [-0.3, -0.25) is 0 Å². The maximum atomic E-state index is 11.2. The van der Waals surface area contributed by atoms with E-state index in [2.05, 4.69) is 9.72 Å². The molecule has 1 N–H and O–H groups in total. The largest absolute Gasteiger partial charge is 0.487 e. The summed E-state index contributed by atoms with van der Waals surface area (Å²) in [6, 6.07) is 10.7. The minimum Gasteiger partial charge on any atom is -0.487 e. The quantitative estimate of drug-likeness (QED) is 0.822. The number of carbonyl (C=O) groups is 1. The minimum atomic E-state index is -0.346. The summed E-state index contributed by atoms with van der Waals surface area (Å²) in [7, 11) is 1.36. The molecule has 0 unspecified atom stereocenters. The standard InChI is InChI=1S/C13H13NO3/c1-16-13(15)10-4-6-12(7-5-10)17-9-11-3-2-8-14-11/h2-8,14H,9H2,1H3. The van der Waals surface area contributed by atoms with Crippen LogP contribution in [0.1, 0.15) is 16.1 Å². The third kappa shape index (κ3) is 2.87. The average Bonchev–Trinajstić information content (AvgIpc) is 2.89. The summed E-state index contributed by atoms with van der Waals surface area (Å²) >= 11 is 0. The lowest BCUT2D eigenvalue weighted by Crippen LogP contribution is -2.01. The van der Waals surface area contributed by atoms with E-state index in [1.807, 2.05) is 18.3 Å². The van der Waals surface area contributed by atoms with Gasteiger partial charge >= 0.3 is 5.97 Å². The van der Waals surface area contributed by atoms with Gasteiger partial charge in [-0.05, 0) is 36.4 Å². The van der Waals surface area contributed by atoms with Gasteiger partial charge in [-0.15, -0.1) is 0 Å². The van der Waals surface area contributed by atoms with Crippen LogP contribution in [0.2, 0.25) is 0 Å². The topological polar surface area (TPSA) is 51.3 Å². The molecule has 1 heterocycles. The first kappa shape index (κ1) is 11.3. The Hall–Kier alpha value is -2.23. The Balaban J connectivity index is 1.96. The Labute approximate surface area is 99.2 Å². The summed E-state index contributed by atoms with van der Waals surface area (Å²) in [5.74, 6) is 0.369. The number of methoxy groups -OCH3 is 1. The van der Waals surface area contributed by atoms with Gasteiger partial charge in [0, 0.05) is 6.20 Å². The molecule has 0 saturated carbocycles. The first-order chi connectivity index (χ1) is 8.29. The van der Waals surface area contributed by atoms with E-state index < -0.39 is 0 Å². The fourth-order valence-corrected chi connectivity index (χ4v) is 1.42. The van der Waals surface area contributed by atoms with Gasteiger partial charge in [0.05, 0.1) is 18.4 Å². The second kappa shape index (κ2) is 5.21. The van der Waals surface area contributed by atoms with Gasteiger partial charge in [-0.1, -0.05) is 0 Å². The van der Waals surface area contributed by atoms with Crippen molar-refractivity contribution in [2.45, 2.75) is 6.61 Å². The molecule has 88 valence electrons. The molecule has 2 rings (SSSR count). The molecule has 0 spiro atoms. The summed E-state index contributed by atoms with van der Waals surface area (Å²) < 4.78 is 10.1. The Morgan fingerprint density at radius 2 is 2.00 bits per heavy atom. The number of esters is 1. The summed E-state index contributed by atoms with van der Waals surface area (Å²) in [6.07, 6.45) is 1.85. The van der Waals surface area contributed by atoms with Crippen molar-refractivity contribution < 1.29 is 14.3 Å². The first-order valence-corrected chi connectivity index (χ1v) is 5.23. The Kier molecular flexibility index (Phi) is 3.45. The van der Waals surface area contributed by atoms with Gasteiger partial charge in [-0.25, -0.2) is 4.79 Å². The van der Waals surface area contributed by atoms with Crippen molar-refractivity contribution in [1.82, 2.24) is 4.98 Å². The first-order valence-electron chi connectivity index (χ1n) is 5.23. The van der Waals surface area contributed by atoms with E-state index in [9.17, 15) is 4.79 Å². The average molecular weight is 231 g/mol. The van der Waals surface area contributed by atoms with Crippen LogP contribution >= 0.6 is 0 Å². The number of ether oxygens (including phenoxy) is 2. The molecule has 0 aliphatic carbocycles. The summed E-state index contributed by atoms with van der Waals surface area (Å²) in [5.41, 5.74) is 1.52. The van der Waals surface area contributed by atoms with Gasteiger partial charge in [0.15, 0.2) is 0 Å². The molecule has 4 nitrogen and oxygen atoms in total. The Morgan fingerprint density at radius 3 is 2.59 bits per heavy atom. The summed E-state index contributed by atoms with van der Waals surface area (Å²) in [6.45, 7) is 0.477. The SMILES string of the molecule is COC(=O)c1ccc(OCc2ccc[nH]2)cc1. The Morgan fingerprint density at radius 1 is 1.24 bits per heavy atom. The van der Waals surface area contributed by atoms with Crippen LogP contribution < -0.4 is 4.74 Å². The van der Waals surface area contributed by atoms with E-state index in [-0.39, 0.29) is 5.97 Å². The smallest absolute Gasteiger partial charge is 0.337 e. The number of hydrogen-bond acceptors (Lipinski definition) is 3. The molecule has 0 saturated heterocycles. The molecule has 0 fully saturated rings. The normalized spacial score (nSPS) is 9.94. The van der Waals surface area contributed by atoms with E-state index in [0.717, 1.165) is 5.69 Å². The lowest BCUT2D eigenvalue weighted by atomic mass is 10.2. The molecule has 0 aliphatic heterocycles. The van der Waals surface area contributed by atoms with Crippen LogP contribution in [0.15, 0.2) is 42.6 Å². The molecule has 2 aromatic rings. The van der Waals surface area contributed by atoms with E-state index in [0.29, 0.717) is 17.9 Å². The third-order valence-electron chi connectivity index (χ3n) is 2.33. The second-order valence-electron chi connectivity index (χ2n) is 3.50. The number of benzene rings is 1. The Bertz CT molecular complexity index is 474. The lowest BCUT2D eigenvalue weighted by Gasteiger charge is -2.05. The fraction of sp³-hybridized carbons (Fsp3) is 0.154. The fourth-order valence-electron chi connectivity index (χ4n) is 1.42. The molecule has 4 heteroatoms. The zero-order chi connectivity index (χ0) is 12.1. The predicted octanol–water partition coefficient (Wildman–Crippen LogP) is 2.38. The maximum Gasteiger partial charge on any atom is 0.337 e. The van der Waals surface area contributed by atoms with Crippen molar-refractivity contribution >= 4 is 5.97 Å². The van der Waals surface area contributed by atoms with Crippen LogP contribution in [-0.4, -0.2) is 18.1 Å². The number of aromatic nitrogens is 1. The van der Waals surface area contributed by atoms with E-state index in [4.69, 9.17) is 4.74 Å². The van der Waals surface area contributed by atoms with Crippen molar-refractivity contribution in [1.29, 1.82) is 0 Å². The summed E-state index contributed by atoms with van der Waals surface area (Å²) in [5, 5.41) is 0. The molecular weight excluding hydrogens is 218 g/mol. The van der Waals surface area contributed by atoms with Crippen molar-refractivity contribution in [3.8, 4) is 5.75 Å². The maximum absolute atomic E-state index is 11.2. The van der Waals surface area contributed by atoms with E-state index in [1.165, 1.54) is 7.11 Å². The number of hydrogen-bond donors (Lipinski definition) is 1. The molecule has 0 radical (unpaired) electrons. The number of carbonyl (C=O) groups excluding carboxylic acids is 1. The van der Waals surface area contributed by atoms with E-state index in [1.54, 1.807) is 24.3 Å². The highest BCUT2D eigenvalue weighted by Crippen LogP contribution is 2.14. The van der Waals surface area contributed by atoms with Crippen molar-refractivity contribution in [2.24, 2.45) is 0 Å². The second-order valence-corrected chi connectivity index (χ2v) is 3.50. The van der Waals surface area contributed by atoms with Crippen molar-refractivity contribution in [2.75, 3.05) is 7.11 Å². The zero-order valence-electron chi connectivity index (χ0n) is 9.47. The molecule has 1 aromatic heterocycles. The zero-order valence-corrected chi connectivity index (χ0v) is 9.47. The molecular formula is C13H13NO3. The van der Waals surface area contributed by atoms with Crippen LogP contribution in [-0.2, 0) is 11.3 Å². The van der Waals surface area contributed by atoms with Gasteiger partial charge in [0.25, 0.3) is 0 Å². The highest BCUT2D eigenvalue weighted by Gasteiger charge is 2.04. The molecule has 0 amide bonds.